The summed E-state index contributed by atoms with van der Waals surface area (Å²) in [5, 5.41) is 2.82. The number of nitrogen functional groups attached to an aromatic ring is 1. The number of aromatic nitrogens is 1. The van der Waals surface area contributed by atoms with Gasteiger partial charge in [-0.1, -0.05) is 19.3 Å². The van der Waals surface area contributed by atoms with Crippen molar-refractivity contribution in [3.8, 4) is 0 Å². The van der Waals surface area contributed by atoms with Gasteiger partial charge in [0.15, 0.2) is 0 Å². The summed E-state index contributed by atoms with van der Waals surface area (Å²) in [5.41, 5.74) is 6.18. The highest BCUT2D eigenvalue weighted by Crippen LogP contribution is 2.30. The Balaban J connectivity index is 1.67. The first kappa shape index (κ1) is 11.9. The van der Waals surface area contributed by atoms with Gasteiger partial charge in [-0.25, -0.2) is 4.98 Å². The van der Waals surface area contributed by atoms with Crippen LogP contribution in [0, 0.1) is 5.92 Å². The lowest BCUT2D eigenvalue weighted by Gasteiger charge is -2.24. The highest BCUT2D eigenvalue weighted by Gasteiger charge is 2.16. The third-order valence-electron chi connectivity index (χ3n) is 3.31. The normalized spacial score (nSPS) is 15.3. The maximum atomic E-state index is 11.6. The van der Waals surface area contributed by atoms with Gasteiger partial charge in [0.05, 0.1) is 11.9 Å². The van der Waals surface area contributed by atoms with Gasteiger partial charge in [0.1, 0.15) is 5.82 Å². The SMILES string of the molecule is Nc1ccc(NC(=O)CCCC2CCC2)cn1. The molecule has 0 unspecified atom stereocenters. The summed E-state index contributed by atoms with van der Waals surface area (Å²) in [6, 6.07) is 3.45. The number of amides is 1. The Kier molecular flexibility index (Phi) is 3.96. The Morgan fingerprint density at radius 3 is 2.88 bits per heavy atom. The third kappa shape index (κ3) is 3.73. The van der Waals surface area contributed by atoms with Gasteiger partial charge >= 0.3 is 0 Å². The van der Waals surface area contributed by atoms with Crippen molar-refractivity contribution in [2.24, 2.45) is 5.92 Å². The van der Waals surface area contributed by atoms with Gasteiger partial charge in [-0.15, -0.1) is 0 Å². The quantitative estimate of drug-likeness (QED) is 0.821. The molecule has 0 spiro atoms. The van der Waals surface area contributed by atoms with Gasteiger partial charge in [-0.05, 0) is 30.9 Å². The number of hydrogen-bond acceptors (Lipinski definition) is 3. The predicted molar refractivity (Wildman–Crippen MR) is 68.5 cm³/mol. The zero-order valence-corrected chi connectivity index (χ0v) is 9.98. The van der Waals surface area contributed by atoms with Gasteiger partial charge in [0.25, 0.3) is 0 Å². The second-order valence-electron chi connectivity index (χ2n) is 4.71. The number of nitrogens with zero attached hydrogens (tertiary/aromatic N) is 1. The van der Waals surface area contributed by atoms with Crippen molar-refractivity contribution in [3.05, 3.63) is 18.3 Å². The molecule has 4 nitrogen and oxygen atoms in total. The Morgan fingerprint density at radius 2 is 2.29 bits per heavy atom. The molecular formula is C13H19N3O. The number of pyridine rings is 1. The summed E-state index contributed by atoms with van der Waals surface area (Å²) in [7, 11) is 0. The molecule has 17 heavy (non-hydrogen) atoms. The molecule has 1 aromatic rings. The molecule has 0 atom stereocenters. The molecule has 1 aliphatic rings. The first-order valence-corrected chi connectivity index (χ1v) is 6.25. The monoisotopic (exact) mass is 233 g/mol. The van der Waals surface area contributed by atoms with Gasteiger partial charge in [0, 0.05) is 6.42 Å². The molecule has 1 amide bonds. The van der Waals surface area contributed by atoms with Crippen molar-refractivity contribution in [2.45, 2.75) is 38.5 Å². The lowest BCUT2D eigenvalue weighted by atomic mass is 9.82. The average Bonchev–Trinajstić information content (AvgIpc) is 2.25. The lowest BCUT2D eigenvalue weighted by Crippen LogP contribution is -2.14. The second-order valence-corrected chi connectivity index (χ2v) is 4.71. The standard InChI is InChI=1S/C13H19N3O/c14-12-8-7-11(9-15-12)16-13(17)6-2-5-10-3-1-4-10/h7-10H,1-6H2,(H2,14,15)(H,16,17). The van der Waals surface area contributed by atoms with E-state index in [4.69, 9.17) is 5.73 Å². The molecule has 0 radical (unpaired) electrons. The second kappa shape index (κ2) is 5.66. The average molecular weight is 233 g/mol. The first-order valence-electron chi connectivity index (χ1n) is 6.25. The van der Waals surface area contributed by atoms with E-state index in [1.807, 2.05) is 0 Å². The van der Waals surface area contributed by atoms with Gasteiger partial charge < -0.3 is 11.1 Å². The zero-order chi connectivity index (χ0) is 12.1. The molecule has 1 heterocycles. The topological polar surface area (TPSA) is 68.0 Å². The fourth-order valence-electron chi connectivity index (χ4n) is 2.04. The summed E-state index contributed by atoms with van der Waals surface area (Å²) in [5.74, 6) is 1.41. The Hall–Kier alpha value is -1.58. The molecule has 92 valence electrons. The maximum Gasteiger partial charge on any atom is 0.224 e. The van der Waals surface area contributed by atoms with Crippen molar-refractivity contribution in [1.29, 1.82) is 0 Å². The van der Waals surface area contributed by atoms with Crippen molar-refractivity contribution in [1.82, 2.24) is 4.98 Å². The minimum atomic E-state index is 0.0656. The molecule has 3 N–H and O–H groups in total. The number of nitrogens with one attached hydrogen (secondary N) is 1. The molecule has 0 saturated heterocycles. The molecule has 4 heteroatoms. The van der Waals surface area contributed by atoms with E-state index in [1.54, 1.807) is 18.3 Å². The van der Waals surface area contributed by atoms with Gasteiger partial charge in [-0.3, -0.25) is 4.79 Å². The van der Waals surface area contributed by atoms with Crippen molar-refractivity contribution in [3.63, 3.8) is 0 Å². The number of nitrogens with two attached hydrogens (primary N) is 1. The van der Waals surface area contributed by atoms with Crippen LogP contribution in [0.2, 0.25) is 0 Å². The lowest BCUT2D eigenvalue weighted by molar-refractivity contribution is -0.116. The summed E-state index contributed by atoms with van der Waals surface area (Å²) in [6.45, 7) is 0. The number of carbonyl (C=O) groups is 1. The van der Waals surface area contributed by atoms with Crippen LogP contribution in [0.1, 0.15) is 38.5 Å². The molecule has 1 aromatic heterocycles. The minimum absolute atomic E-state index is 0.0656. The number of rotatable bonds is 5. The van der Waals surface area contributed by atoms with E-state index in [2.05, 4.69) is 10.3 Å². The highest BCUT2D eigenvalue weighted by atomic mass is 16.1. The van der Waals surface area contributed by atoms with Crippen LogP contribution in [0.15, 0.2) is 18.3 Å². The fourth-order valence-corrected chi connectivity index (χ4v) is 2.04. The van der Waals surface area contributed by atoms with E-state index in [1.165, 1.54) is 25.7 Å². The molecule has 0 bridgehead atoms. The Morgan fingerprint density at radius 1 is 1.47 bits per heavy atom. The summed E-state index contributed by atoms with van der Waals surface area (Å²) < 4.78 is 0. The molecule has 1 saturated carbocycles. The molecule has 0 aromatic carbocycles. The van der Waals surface area contributed by atoms with Crippen LogP contribution in [0.25, 0.3) is 0 Å². The highest BCUT2D eigenvalue weighted by molar-refractivity contribution is 5.90. The van der Waals surface area contributed by atoms with Crippen molar-refractivity contribution >= 4 is 17.4 Å². The maximum absolute atomic E-state index is 11.6. The molecular weight excluding hydrogens is 214 g/mol. The van der Waals surface area contributed by atoms with Crippen molar-refractivity contribution < 1.29 is 4.79 Å². The number of hydrogen-bond donors (Lipinski definition) is 2. The smallest absolute Gasteiger partial charge is 0.224 e. The van der Waals surface area contributed by atoms with E-state index in [0.717, 1.165) is 12.3 Å². The first-order chi connectivity index (χ1) is 8.24. The number of carbonyl (C=O) groups excluding carboxylic acids is 1. The molecule has 1 aliphatic carbocycles. The zero-order valence-electron chi connectivity index (χ0n) is 9.98. The number of anilines is 2. The van der Waals surface area contributed by atoms with E-state index < -0.39 is 0 Å². The molecule has 1 fully saturated rings. The fraction of sp³-hybridized carbons (Fsp3) is 0.538. The Labute approximate surface area is 102 Å². The van der Waals surface area contributed by atoms with Gasteiger partial charge in [0.2, 0.25) is 5.91 Å². The summed E-state index contributed by atoms with van der Waals surface area (Å²) >= 11 is 0. The van der Waals surface area contributed by atoms with Crippen LogP contribution in [-0.2, 0) is 4.79 Å². The van der Waals surface area contributed by atoms with Crippen LogP contribution in [0.4, 0.5) is 11.5 Å². The van der Waals surface area contributed by atoms with Gasteiger partial charge in [-0.2, -0.15) is 0 Å². The van der Waals surface area contributed by atoms with E-state index in [9.17, 15) is 4.79 Å². The summed E-state index contributed by atoms with van der Waals surface area (Å²) in [4.78, 5) is 15.5. The van der Waals surface area contributed by atoms with E-state index in [0.29, 0.717) is 17.9 Å². The van der Waals surface area contributed by atoms with E-state index >= 15 is 0 Å². The third-order valence-corrected chi connectivity index (χ3v) is 3.31. The van der Waals surface area contributed by atoms with E-state index in [-0.39, 0.29) is 5.91 Å². The predicted octanol–water partition coefficient (Wildman–Crippen LogP) is 2.57. The minimum Gasteiger partial charge on any atom is -0.384 e. The van der Waals surface area contributed by atoms with Crippen LogP contribution < -0.4 is 11.1 Å². The largest absolute Gasteiger partial charge is 0.384 e. The summed E-state index contributed by atoms with van der Waals surface area (Å²) in [6.07, 6.45) is 8.42. The van der Waals surface area contributed by atoms with Crippen LogP contribution in [0.3, 0.4) is 0 Å². The van der Waals surface area contributed by atoms with Crippen LogP contribution in [0.5, 0.6) is 0 Å². The van der Waals surface area contributed by atoms with Crippen molar-refractivity contribution in [2.75, 3.05) is 11.1 Å². The van der Waals surface area contributed by atoms with Crippen LogP contribution in [-0.4, -0.2) is 10.9 Å². The Bertz CT molecular complexity index is 371. The van der Waals surface area contributed by atoms with Crippen LogP contribution >= 0.6 is 0 Å². The molecule has 0 aliphatic heterocycles. The molecule has 2 rings (SSSR count).